The largest absolute Gasteiger partial charge is 0.395 e. The molecule has 1 fully saturated rings. The van der Waals surface area contributed by atoms with Gasteiger partial charge in [-0.1, -0.05) is 48.5 Å². The van der Waals surface area contributed by atoms with Crippen LogP contribution in [0.5, 0.6) is 0 Å². The van der Waals surface area contributed by atoms with Crippen molar-refractivity contribution < 1.29 is 9.90 Å². The summed E-state index contributed by atoms with van der Waals surface area (Å²) >= 11 is 0. The molecule has 0 aromatic heterocycles. The minimum absolute atomic E-state index is 0.0542. The first kappa shape index (κ1) is 15.7. The Morgan fingerprint density at radius 3 is 2.57 bits per heavy atom. The molecular weight excluding hydrogens is 288 g/mol. The number of nitrogens with one attached hydrogen (secondary N) is 1. The number of rotatable bonds is 4. The van der Waals surface area contributed by atoms with Crippen LogP contribution >= 0.6 is 0 Å². The number of benzene rings is 2. The van der Waals surface area contributed by atoms with Crippen molar-refractivity contribution in [2.24, 2.45) is 0 Å². The predicted octanol–water partition coefficient (Wildman–Crippen LogP) is 2.15. The molecule has 0 aliphatic carbocycles. The Bertz CT molecular complexity index is 672. The lowest BCUT2D eigenvalue weighted by atomic mass is 9.99. The molecule has 1 amide bonds. The molecule has 2 aromatic rings. The first-order valence-corrected chi connectivity index (χ1v) is 7.95. The fraction of sp³-hybridized carbons (Fsp3) is 0.316. The highest BCUT2D eigenvalue weighted by Gasteiger charge is 2.30. The molecule has 1 saturated heterocycles. The summed E-state index contributed by atoms with van der Waals surface area (Å²) in [4.78, 5) is 14.8. The zero-order valence-corrected chi connectivity index (χ0v) is 13.3. The van der Waals surface area contributed by atoms with Crippen molar-refractivity contribution in [2.45, 2.75) is 18.5 Å². The molecule has 23 heavy (non-hydrogen) atoms. The van der Waals surface area contributed by atoms with E-state index in [1.807, 2.05) is 61.6 Å². The van der Waals surface area contributed by atoms with Crippen LogP contribution in [-0.2, 0) is 0 Å². The van der Waals surface area contributed by atoms with E-state index in [4.69, 9.17) is 0 Å². The quantitative estimate of drug-likeness (QED) is 0.910. The van der Waals surface area contributed by atoms with E-state index in [-0.39, 0.29) is 24.6 Å². The van der Waals surface area contributed by atoms with Gasteiger partial charge in [-0.3, -0.25) is 9.69 Å². The Labute approximate surface area is 136 Å². The Morgan fingerprint density at radius 1 is 1.17 bits per heavy atom. The first-order valence-electron chi connectivity index (χ1n) is 7.95. The number of nitrogens with zero attached hydrogens (tertiary/aromatic N) is 1. The second kappa shape index (κ2) is 6.94. The maximum atomic E-state index is 12.7. The van der Waals surface area contributed by atoms with E-state index in [2.05, 4.69) is 10.2 Å². The lowest BCUT2D eigenvalue weighted by Crippen LogP contribution is -2.36. The van der Waals surface area contributed by atoms with Crippen molar-refractivity contribution in [3.63, 3.8) is 0 Å². The van der Waals surface area contributed by atoms with Gasteiger partial charge in [0.2, 0.25) is 0 Å². The SMILES string of the molecule is CN1C[C@H](NC(=O)c2ccccc2-c2ccccc2)C[C@H]1CO. The summed E-state index contributed by atoms with van der Waals surface area (Å²) in [5.74, 6) is -0.0542. The van der Waals surface area contributed by atoms with Gasteiger partial charge in [-0.25, -0.2) is 0 Å². The van der Waals surface area contributed by atoms with Crippen LogP contribution < -0.4 is 5.32 Å². The van der Waals surface area contributed by atoms with Gasteiger partial charge in [0.1, 0.15) is 0 Å². The lowest BCUT2D eigenvalue weighted by Gasteiger charge is -2.15. The second-order valence-electron chi connectivity index (χ2n) is 6.09. The van der Waals surface area contributed by atoms with Gasteiger partial charge in [-0.2, -0.15) is 0 Å². The molecule has 1 heterocycles. The molecule has 0 bridgehead atoms. The summed E-state index contributed by atoms with van der Waals surface area (Å²) in [6, 6.07) is 17.8. The minimum atomic E-state index is -0.0542. The first-order chi connectivity index (χ1) is 11.2. The highest BCUT2D eigenvalue weighted by molar-refractivity contribution is 6.01. The topological polar surface area (TPSA) is 52.6 Å². The highest BCUT2D eigenvalue weighted by atomic mass is 16.3. The van der Waals surface area contributed by atoms with Gasteiger partial charge < -0.3 is 10.4 Å². The van der Waals surface area contributed by atoms with Crippen LogP contribution in [0.3, 0.4) is 0 Å². The summed E-state index contributed by atoms with van der Waals surface area (Å²) in [6.07, 6.45) is 0.784. The molecule has 2 aromatic carbocycles. The van der Waals surface area contributed by atoms with Gasteiger partial charge in [0.25, 0.3) is 5.91 Å². The van der Waals surface area contributed by atoms with Crippen molar-refractivity contribution in [1.82, 2.24) is 10.2 Å². The maximum absolute atomic E-state index is 12.7. The van der Waals surface area contributed by atoms with Crippen molar-refractivity contribution >= 4 is 5.91 Å². The van der Waals surface area contributed by atoms with Crippen molar-refractivity contribution in [2.75, 3.05) is 20.2 Å². The van der Waals surface area contributed by atoms with E-state index in [0.29, 0.717) is 5.56 Å². The molecule has 1 aliphatic heterocycles. The van der Waals surface area contributed by atoms with Crippen molar-refractivity contribution in [1.29, 1.82) is 0 Å². The number of carbonyl (C=O) groups excluding carboxylic acids is 1. The third kappa shape index (κ3) is 3.44. The smallest absolute Gasteiger partial charge is 0.252 e. The van der Waals surface area contributed by atoms with Crippen molar-refractivity contribution in [3.8, 4) is 11.1 Å². The average Bonchev–Trinajstić information content (AvgIpc) is 2.95. The van der Waals surface area contributed by atoms with Gasteiger partial charge in [0.05, 0.1) is 6.61 Å². The van der Waals surface area contributed by atoms with E-state index in [1.165, 1.54) is 0 Å². The molecule has 2 atom stereocenters. The van der Waals surface area contributed by atoms with Crippen LogP contribution in [0.15, 0.2) is 54.6 Å². The molecule has 1 aliphatic rings. The Morgan fingerprint density at radius 2 is 1.87 bits per heavy atom. The number of amides is 1. The molecule has 0 saturated carbocycles. The van der Waals surface area contributed by atoms with Crippen LogP contribution in [0.1, 0.15) is 16.8 Å². The van der Waals surface area contributed by atoms with E-state index >= 15 is 0 Å². The second-order valence-corrected chi connectivity index (χ2v) is 6.09. The minimum Gasteiger partial charge on any atom is -0.395 e. The molecule has 0 spiro atoms. The number of carbonyl (C=O) groups is 1. The van der Waals surface area contributed by atoms with Crippen LogP contribution in [0.25, 0.3) is 11.1 Å². The van der Waals surface area contributed by atoms with Gasteiger partial charge in [0, 0.05) is 24.2 Å². The van der Waals surface area contributed by atoms with Crippen LogP contribution in [-0.4, -0.2) is 48.2 Å². The molecule has 2 N–H and O–H groups in total. The summed E-state index contributed by atoms with van der Waals surface area (Å²) < 4.78 is 0. The van der Waals surface area contributed by atoms with E-state index in [9.17, 15) is 9.90 Å². The molecule has 0 radical (unpaired) electrons. The van der Waals surface area contributed by atoms with E-state index in [1.54, 1.807) is 0 Å². The number of aliphatic hydroxyl groups excluding tert-OH is 1. The monoisotopic (exact) mass is 310 g/mol. The van der Waals surface area contributed by atoms with Crippen LogP contribution in [0.4, 0.5) is 0 Å². The third-order valence-electron chi connectivity index (χ3n) is 4.49. The summed E-state index contributed by atoms with van der Waals surface area (Å²) in [6.45, 7) is 0.897. The number of aliphatic hydroxyl groups is 1. The molecule has 0 unspecified atom stereocenters. The number of hydrogen-bond acceptors (Lipinski definition) is 3. The number of likely N-dealkylation sites (N-methyl/N-ethyl adjacent to an activating group) is 1. The van der Waals surface area contributed by atoms with Crippen LogP contribution in [0.2, 0.25) is 0 Å². The fourth-order valence-corrected chi connectivity index (χ4v) is 3.21. The molecule has 3 rings (SSSR count). The zero-order chi connectivity index (χ0) is 16.2. The molecule has 4 heteroatoms. The predicted molar refractivity (Wildman–Crippen MR) is 91.3 cm³/mol. The molecular formula is C19H22N2O2. The Kier molecular flexibility index (Phi) is 4.74. The van der Waals surface area contributed by atoms with E-state index < -0.39 is 0 Å². The standard InChI is InChI=1S/C19H22N2O2/c1-21-12-15(11-16(21)13-22)20-19(23)18-10-6-5-9-17(18)14-7-3-2-4-8-14/h2-10,15-16,22H,11-13H2,1H3,(H,20,23)/t15-,16+/m1/s1. The lowest BCUT2D eigenvalue weighted by molar-refractivity contribution is 0.0939. The molecule has 4 nitrogen and oxygen atoms in total. The van der Waals surface area contributed by atoms with E-state index in [0.717, 1.165) is 24.1 Å². The normalized spacial score (nSPS) is 21.3. The van der Waals surface area contributed by atoms with Gasteiger partial charge >= 0.3 is 0 Å². The van der Waals surface area contributed by atoms with Crippen LogP contribution in [0, 0.1) is 0 Å². The maximum Gasteiger partial charge on any atom is 0.252 e. The zero-order valence-electron chi connectivity index (χ0n) is 13.3. The summed E-state index contributed by atoms with van der Waals surface area (Å²) in [5.41, 5.74) is 2.67. The van der Waals surface area contributed by atoms with Crippen molar-refractivity contribution in [3.05, 3.63) is 60.2 Å². The average molecular weight is 310 g/mol. The Balaban J connectivity index is 1.79. The third-order valence-corrected chi connectivity index (χ3v) is 4.49. The number of hydrogen-bond donors (Lipinski definition) is 2. The summed E-state index contributed by atoms with van der Waals surface area (Å²) in [5, 5.41) is 12.5. The number of likely N-dealkylation sites (tertiary alicyclic amines) is 1. The van der Waals surface area contributed by atoms with Gasteiger partial charge in [0.15, 0.2) is 0 Å². The Hall–Kier alpha value is -2.17. The fourth-order valence-electron chi connectivity index (χ4n) is 3.21. The highest BCUT2D eigenvalue weighted by Crippen LogP contribution is 2.24. The van der Waals surface area contributed by atoms with Gasteiger partial charge in [-0.15, -0.1) is 0 Å². The summed E-state index contributed by atoms with van der Waals surface area (Å²) in [7, 11) is 1.98. The van der Waals surface area contributed by atoms with Gasteiger partial charge in [-0.05, 0) is 30.7 Å². The molecule has 120 valence electrons.